The summed E-state index contributed by atoms with van der Waals surface area (Å²) < 4.78 is 6.57. The molecule has 1 fully saturated rings. The zero-order valence-electron chi connectivity index (χ0n) is 12.2. The molecule has 1 heterocycles. The largest absolute Gasteiger partial charge is 0.383 e. The monoisotopic (exact) mass is 278 g/mol. The van der Waals surface area contributed by atoms with Crippen LogP contribution in [-0.2, 0) is 11.8 Å². The van der Waals surface area contributed by atoms with Crippen molar-refractivity contribution in [2.45, 2.75) is 31.7 Å². The molecule has 0 saturated heterocycles. The molecule has 5 nitrogen and oxygen atoms in total. The number of carbonyl (C=O) groups excluding carboxylic acids is 1. The van der Waals surface area contributed by atoms with E-state index in [1.807, 2.05) is 4.90 Å². The van der Waals surface area contributed by atoms with Crippen molar-refractivity contribution in [2.24, 2.45) is 7.05 Å². The fourth-order valence-electron chi connectivity index (χ4n) is 2.70. The summed E-state index contributed by atoms with van der Waals surface area (Å²) in [5.74, 6) is -0.0633. The Hall–Kier alpha value is -1.62. The van der Waals surface area contributed by atoms with Crippen molar-refractivity contribution in [3.05, 3.63) is 34.2 Å². The van der Waals surface area contributed by atoms with Gasteiger partial charge in [-0.15, -0.1) is 0 Å². The Labute approximate surface area is 119 Å². The highest BCUT2D eigenvalue weighted by atomic mass is 16.5. The Bertz CT molecular complexity index is 518. The summed E-state index contributed by atoms with van der Waals surface area (Å²) in [5, 5.41) is 0. The Balaban J connectivity index is 2.19. The number of hydrogen-bond acceptors (Lipinski definition) is 3. The van der Waals surface area contributed by atoms with Crippen LogP contribution in [0.25, 0.3) is 0 Å². The molecule has 1 aliphatic carbocycles. The summed E-state index contributed by atoms with van der Waals surface area (Å²) in [6, 6.07) is 3.40. The Kier molecular flexibility index (Phi) is 4.95. The first-order chi connectivity index (χ1) is 9.63. The minimum atomic E-state index is -0.158. The third kappa shape index (κ3) is 3.28. The predicted octanol–water partition coefficient (Wildman–Crippen LogP) is 1.42. The third-order valence-electron chi connectivity index (χ3n) is 3.91. The van der Waals surface area contributed by atoms with Crippen LogP contribution < -0.4 is 5.56 Å². The molecule has 0 bridgehead atoms. The smallest absolute Gasteiger partial charge is 0.254 e. The van der Waals surface area contributed by atoms with Gasteiger partial charge in [0.15, 0.2) is 0 Å². The van der Waals surface area contributed by atoms with Gasteiger partial charge in [0, 0.05) is 44.6 Å². The van der Waals surface area contributed by atoms with Gasteiger partial charge in [-0.05, 0) is 18.9 Å². The lowest BCUT2D eigenvalue weighted by atomic mass is 10.1. The SMILES string of the molecule is COCCN(C(=O)c1ccn(C)c(=O)c1)C1CCCC1. The fraction of sp³-hybridized carbons (Fsp3) is 0.600. The Morgan fingerprint density at radius 2 is 2.15 bits per heavy atom. The van der Waals surface area contributed by atoms with Crippen LogP contribution in [0.3, 0.4) is 0 Å². The van der Waals surface area contributed by atoms with Crippen molar-refractivity contribution in [3.63, 3.8) is 0 Å². The molecule has 0 unspecified atom stereocenters. The quantitative estimate of drug-likeness (QED) is 0.818. The molecule has 1 aliphatic rings. The van der Waals surface area contributed by atoms with Crippen LogP contribution in [0.15, 0.2) is 23.1 Å². The lowest BCUT2D eigenvalue weighted by Gasteiger charge is -2.28. The van der Waals surface area contributed by atoms with Crippen molar-refractivity contribution in [1.29, 1.82) is 0 Å². The second-order valence-electron chi connectivity index (χ2n) is 5.29. The van der Waals surface area contributed by atoms with Gasteiger partial charge in [-0.3, -0.25) is 9.59 Å². The molecule has 20 heavy (non-hydrogen) atoms. The summed E-state index contributed by atoms with van der Waals surface area (Å²) in [6.45, 7) is 1.10. The van der Waals surface area contributed by atoms with E-state index >= 15 is 0 Å². The molecule has 0 spiro atoms. The van der Waals surface area contributed by atoms with Crippen molar-refractivity contribution < 1.29 is 9.53 Å². The Morgan fingerprint density at radius 3 is 2.75 bits per heavy atom. The lowest BCUT2D eigenvalue weighted by Crippen LogP contribution is -2.41. The molecule has 1 aromatic heterocycles. The van der Waals surface area contributed by atoms with Crippen molar-refractivity contribution in [1.82, 2.24) is 9.47 Å². The van der Waals surface area contributed by atoms with Crippen LogP contribution in [0.1, 0.15) is 36.0 Å². The summed E-state index contributed by atoms with van der Waals surface area (Å²) in [7, 11) is 3.31. The molecule has 1 aromatic rings. The predicted molar refractivity (Wildman–Crippen MR) is 76.9 cm³/mol. The number of amides is 1. The van der Waals surface area contributed by atoms with E-state index in [0.717, 1.165) is 25.7 Å². The molecule has 1 amide bonds. The summed E-state index contributed by atoms with van der Waals surface area (Å²) in [6.07, 6.45) is 6.05. The molecule has 1 saturated carbocycles. The van der Waals surface area contributed by atoms with Crippen molar-refractivity contribution in [2.75, 3.05) is 20.3 Å². The van der Waals surface area contributed by atoms with E-state index in [0.29, 0.717) is 18.7 Å². The molecule has 0 atom stereocenters. The first-order valence-electron chi connectivity index (χ1n) is 7.10. The van der Waals surface area contributed by atoms with Gasteiger partial charge in [-0.2, -0.15) is 0 Å². The fourth-order valence-corrected chi connectivity index (χ4v) is 2.70. The molecule has 0 N–H and O–H groups in total. The number of nitrogens with zero attached hydrogens (tertiary/aromatic N) is 2. The molecule has 110 valence electrons. The first kappa shape index (κ1) is 14.8. The van der Waals surface area contributed by atoms with E-state index in [1.165, 1.54) is 10.6 Å². The zero-order valence-corrected chi connectivity index (χ0v) is 12.2. The molecule has 0 aliphatic heterocycles. The third-order valence-corrected chi connectivity index (χ3v) is 3.91. The van der Waals surface area contributed by atoms with Gasteiger partial charge in [0.25, 0.3) is 11.5 Å². The van der Waals surface area contributed by atoms with E-state index in [9.17, 15) is 9.59 Å². The Morgan fingerprint density at radius 1 is 1.45 bits per heavy atom. The van der Waals surface area contributed by atoms with Gasteiger partial charge >= 0.3 is 0 Å². The van der Waals surface area contributed by atoms with Crippen LogP contribution >= 0.6 is 0 Å². The van der Waals surface area contributed by atoms with E-state index in [-0.39, 0.29) is 17.5 Å². The van der Waals surface area contributed by atoms with Gasteiger partial charge in [0.2, 0.25) is 0 Å². The van der Waals surface area contributed by atoms with Gasteiger partial charge < -0.3 is 14.2 Å². The highest BCUT2D eigenvalue weighted by molar-refractivity contribution is 5.94. The highest BCUT2D eigenvalue weighted by Crippen LogP contribution is 2.24. The minimum absolute atomic E-state index is 0.0633. The molecule has 2 rings (SSSR count). The van der Waals surface area contributed by atoms with Crippen LogP contribution in [0.5, 0.6) is 0 Å². The van der Waals surface area contributed by atoms with Gasteiger partial charge in [0.1, 0.15) is 0 Å². The number of pyridine rings is 1. The number of rotatable bonds is 5. The van der Waals surface area contributed by atoms with Gasteiger partial charge in [0.05, 0.1) is 6.61 Å². The maximum atomic E-state index is 12.6. The average molecular weight is 278 g/mol. The summed E-state index contributed by atoms with van der Waals surface area (Å²) in [5.41, 5.74) is 0.310. The first-order valence-corrected chi connectivity index (χ1v) is 7.10. The van der Waals surface area contributed by atoms with E-state index in [4.69, 9.17) is 4.74 Å². The number of hydrogen-bond donors (Lipinski definition) is 0. The lowest BCUT2D eigenvalue weighted by molar-refractivity contribution is 0.0605. The van der Waals surface area contributed by atoms with Crippen LogP contribution in [-0.4, -0.2) is 41.7 Å². The maximum Gasteiger partial charge on any atom is 0.254 e. The number of aryl methyl sites for hydroxylation is 1. The number of carbonyl (C=O) groups is 1. The maximum absolute atomic E-state index is 12.6. The molecule has 5 heteroatoms. The molecular weight excluding hydrogens is 256 g/mol. The van der Waals surface area contributed by atoms with Gasteiger partial charge in [-0.1, -0.05) is 12.8 Å². The van der Waals surface area contributed by atoms with Crippen LogP contribution in [0, 0.1) is 0 Å². The zero-order chi connectivity index (χ0) is 14.5. The van der Waals surface area contributed by atoms with Crippen LogP contribution in [0.2, 0.25) is 0 Å². The van der Waals surface area contributed by atoms with E-state index in [2.05, 4.69) is 0 Å². The van der Waals surface area contributed by atoms with Crippen molar-refractivity contribution >= 4 is 5.91 Å². The second-order valence-corrected chi connectivity index (χ2v) is 5.29. The van der Waals surface area contributed by atoms with E-state index < -0.39 is 0 Å². The highest BCUT2D eigenvalue weighted by Gasteiger charge is 2.27. The normalized spacial score (nSPS) is 15.5. The summed E-state index contributed by atoms with van der Waals surface area (Å²) >= 11 is 0. The van der Waals surface area contributed by atoms with E-state index in [1.54, 1.807) is 26.4 Å². The minimum Gasteiger partial charge on any atom is -0.383 e. The van der Waals surface area contributed by atoms with Crippen LogP contribution in [0.4, 0.5) is 0 Å². The summed E-state index contributed by atoms with van der Waals surface area (Å²) in [4.78, 5) is 26.2. The second kappa shape index (κ2) is 6.70. The van der Waals surface area contributed by atoms with Gasteiger partial charge in [-0.25, -0.2) is 0 Å². The number of aromatic nitrogens is 1. The standard InChI is InChI=1S/C15H22N2O3/c1-16-8-7-12(11-14(16)18)15(19)17(9-10-20-2)13-5-3-4-6-13/h7-8,11,13H,3-6,9-10H2,1-2H3. The molecular formula is C15H22N2O3. The topological polar surface area (TPSA) is 51.5 Å². The average Bonchev–Trinajstić information content (AvgIpc) is 2.96. The number of ether oxygens (including phenoxy) is 1. The van der Waals surface area contributed by atoms with Crippen molar-refractivity contribution in [3.8, 4) is 0 Å². The number of methoxy groups -OCH3 is 1. The molecule has 0 radical (unpaired) electrons. The molecule has 0 aromatic carbocycles.